The fourth-order valence-corrected chi connectivity index (χ4v) is 1.54. The van der Waals surface area contributed by atoms with Crippen molar-refractivity contribution in [2.24, 2.45) is 0 Å². The summed E-state index contributed by atoms with van der Waals surface area (Å²) in [6.45, 7) is 0. The fraction of sp³-hybridized carbons (Fsp3) is 0. The van der Waals surface area contributed by atoms with Crippen LogP contribution >= 0.6 is 0 Å². The largest absolute Gasteiger partial charge is 0.399 e. The monoisotopic (exact) mass is 255 g/mol. The van der Waals surface area contributed by atoms with Gasteiger partial charge in [0.25, 0.3) is 11.4 Å². The molecule has 0 amide bonds. The lowest BCUT2D eigenvalue weighted by atomic mass is 10.2. The highest BCUT2D eigenvalue weighted by Gasteiger charge is 2.11. The maximum atomic E-state index is 10.9. The van der Waals surface area contributed by atoms with Crippen molar-refractivity contribution in [3.05, 3.63) is 46.8 Å². The number of nitrogens with two attached hydrogens (primary N) is 1. The second-order valence-electron chi connectivity index (χ2n) is 3.85. The molecule has 0 fully saturated rings. The zero-order chi connectivity index (χ0) is 13.2. The minimum absolute atomic E-state index is 0.239. The average Bonchev–Trinajstić information content (AvgIpc) is 2.90. The number of anilines is 1. The number of nitrogen functional groups attached to an aromatic ring is 1. The van der Waals surface area contributed by atoms with Gasteiger partial charge in [0.1, 0.15) is 5.69 Å². The van der Waals surface area contributed by atoms with Crippen LogP contribution in [0.2, 0.25) is 0 Å². The van der Waals surface area contributed by atoms with Crippen LogP contribution in [0.15, 0.2) is 45.7 Å². The molecular formula is C12H9N5O2. The summed E-state index contributed by atoms with van der Waals surface area (Å²) in [7, 11) is 0. The van der Waals surface area contributed by atoms with Gasteiger partial charge >= 0.3 is 0 Å². The van der Waals surface area contributed by atoms with Gasteiger partial charge in [0, 0.05) is 17.3 Å². The number of hydrogen-bond donors (Lipinski definition) is 2. The van der Waals surface area contributed by atoms with E-state index >= 15 is 0 Å². The van der Waals surface area contributed by atoms with E-state index in [0.717, 1.165) is 5.56 Å². The molecule has 2 aromatic heterocycles. The Morgan fingerprint density at radius 2 is 1.89 bits per heavy atom. The van der Waals surface area contributed by atoms with Gasteiger partial charge in [-0.3, -0.25) is 4.79 Å². The highest BCUT2D eigenvalue weighted by atomic mass is 16.5. The molecule has 2 heterocycles. The van der Waals surface area contributed by atoms with Crippen molar-refractivity contribution in [1.29, 1.82) is 0 Å². The summed E-state index contributed by atoms with van der Waals surface area (Å²) in [5, 5.41) is 9.98. The molecule has 0 spiro atoms. The van der Waals surface area contributed by atoms with E-state index < -0.39 is 0 Å². The molecule has 0 unspecified atom stereocenters. The molecule has 94 valence electrons. The number of nitrogens with one attached hydrogen (secondary N) is 1. The molecule has 3 N–H and O–H groups in total. The molecule has 3 rings (SSSR count). The third-order valence-electron chi connectivity index (χ3n) is 2.49. The summed E-state index contributed by atoms with van der Waals surface area (Å²) >= 11 is 0. The van der Waals surface area contributed by atoms with Gasteiger partial charge in [-0.15, -0.1) is 0 Å². The Hall–Kier alpha value is -2.96. The first kappa shape index (κ1) is 11.1. The lowest BCUT2D eigenvalue weighted by Gasteiger charge is -1.94. The smallest absolute Gasteiger partial charge is 0.278 e. The normalized spacial score (nSPS) is 10.5. The molecule has 0 aliphatic carbocycles. The first-order valence-corrected chi connectivity index (χ1v) is 5.48. The summed E-state index contributed by atoms with van der Waals surface area (Å²) in [4.78, 5) is 15.1. The van der Waals surface area contributed by atoms with Gasteiger partial charge in [0.05, 0.1) is 0 Å². The minimum Gasteiger partial charge on any atom is -0.399 e. The van der Waals surface area contributed by atoms with Crippen LogP contribution in [-0.4, -0.2) is 20.3 Å². The van der Waals surface area contributed by atoms with Gasteiger partial charge < -0.3 is 10.3 Å². The lowest BCUT2D eigenvalue weighted by molar-refractivity contribution is 0.430. The van der Waals surface area contributed by atoms with Crippen LogP contribution in [0, 0.1) is 0 Å². The predicted octanol–water partition coefficient (Wildman–Crippen LogP) is 1.07. The Labute approximate surface area is 107 Å². The Morgan fingerprint density at radius 1 is 1.11 bits per heavy atom. The van der Waals surface area contributed by atoms with Crippen molar-refractivity contribution in [3.63, 3.8) is 0 Å². The molecule has 0 saturated carbocycles. The molecule has 0 aliphatic heterocycles. The predicted molar refractivity (Wildman–Crippen MR) is 68.0 cm³/mol. The Kier molecular flexibility index (Phi) is 2.57. The van der Waals surface area contributed by atoms with Crippen molar-refractivity contribution >= 4 is 5.69 Å². The van der Waals surface area contributed by atoms with Crippen molar-refractivity contribution < 1.29 is 4.52 Å². The fourth-order valence-electron chi connectivity index (χ4n) is 1.54. The highest BCUT2D eigenvalue weighted by Crippen LogP contribution is 2.20. The van der Waals surface area contributed by atoms with Gasteiger partial charge in [0.2, 0.25) is 5.82 Å². The third-order valence-corrected chi connectivity index (χ3v) is 2.49. The van der Waals surface area contributed by atoms with Crippen LogP contribution in [0.1, 0.15) is 0 Å². The standard InChI is InChI=1S/C12H9N5O2/c13-8-3-1-7(2-4-8)11-14-12(19-17-11)9-5-6-10(18)16-15-9/h1-6H,13H2,(H,16,18). The first-order chi connectivity index (χ1) is 9.22. The van der Waals surface area contributed by atoms with E-state index in [2.05, 4.69) is 20.3 Å². The van der Waals surface area contributed by atoms with Crippen molar-refractivity contribution in [2.45, 2.75) is 0 Å². The summed E-state index contributed by atoms with van der Waals surface area (Å²) in [6, 6.07) is 9.95. The van der Waals surface area contributed by atoms with E-state index in [1.807, 2.05) is 0 Å². The van der Waals surface area contributed by atoms with Crippen molar-refractivity contribution in [3.8, 4) is 23.0 Å². The molecule has 7 nitrogen and oxygen atoms in total. The van der Waals surface area contributed by atoms with Crippen molar-refractivity contribution in [1.82, 2.24) is 20.3 Å². The van der Waals surface area contributed by atoms with Gasteiger partial charge in [-0.1, -0.05) is 5.16 Å². The van der Waals surface area contributed by atoms with E-state index in [4.69, 9.17) is 10.3 Å². The molecule has 0 aliphatic rings. The molecule has 3 aromatic rings. The molecule has 7 heteroatoms. The van der Waals surface area contributed by atoms with Gasteiger partial charge in [0.15, 0.2) is 0 Å². The summed E-state index contributed by atoms with van der Waals surface area (Å²) < 4.78 is 5.10. The quantitative estimate of drug-likeness (QED) is 0.662. The maximum Gasteiger partial charge on any atom is 0.278 e. The van der Waals surface area contributed by atoms with Crippen LogP contribution < -0.4 is 11.3 Å². The van der Waals surface area contributed by atoms with Crippen LogP contribution in [0.3, 0.4) is 0 Å². The topological polar surface area (TPSA) is 111 Å². The zero-order valence-corrected chi connectivity index (χ0v) is 9.70. The average molecular weight is 255 g/mol. The Morgan fingerprint density at radius 3 is 2.58 bits per heavy atom. The number of aromatic nitrogens is 4. The number of hydrogen-bond acceptors (Lipinski definition) is 6. The summed E-state index contributed by atoms with van der Waals surface area (Å²) in [5.74, 6) is 0.672. The number of benzene rings is 1. The van der Waals surface area contributed by atoms with Crippen LogP contribution in [0.25, 0.3) is 23.0 Å². The molecule has 1 aromatic carbocycles. The SMILES string of the molecule is Nc1ccc(-c2noc(-c3ccc(=O)[nH]n3)n2)cc1. The van der Waals surface area contributed by atoms with Crippen molar-refractivity contribution in [2.75, 3.05) is 5.73 Å². The lowest BCUT2D eigenvalue weighted by Crippen LogP contribution is -2.05. The summed E-state index contributed by atoms with van der Waals surface area (Å²) in [6.07, 6.45) is 0. The number of nitrogens with zero attached hydrogens (tertiary/aromatic N) is 3. The second kappa shape index (κ2) is 4.37. The van der Waals surface area contributed by atoms with Gasteiger partial charge in [-0.25, -0.2) is 5.10 Å². The number of aromatic amines is 1. The van der Waals surface area contributed by atoms with Crippen LogP contribution in [0.5, 0.6) is 0 Å². The van der Waals surface area contributed by atoms with E-state index in [1.54, 1.807) is 24.3 Å². The molecular weight excluding hydrogens is 246 g/mol. The summed E-state index contributed by atoms with van der Waals surface area (Å²) in [5.41, 5.74) is 7.18. The molecule has 0 saturated heterocycles. The molecule has 0 radical (unpaired) electrons. The van der Waals surface area contributed by atoms with Gasteiger partial charge in [-0.2, -0.15) is 10.1 Å². The Balaban J connectivity index is 1.97. The van der Waals surface area contributed by atoms with Crippen LogP contribution in [0.4, 0.5) is 5.69 Å². The second-order valence-corrected chi connectivity index (χ2v) is 3.85. The number of H-pyrrole nitrogens is 1. The highest BCUT2D eigenvalue weighted by molar-refractivity contribution is 5.60. The van der Waals surface area contributed by atoms with E-state index in [1.165, 1.54) is 12.1 Å². The van der Waals surface area contributed by atoms with E-state index in [0.29, 0.717) is 17.2 Å². The first-order valence-electron chi connectivity index (χ1n) is 5.48. The molecule has 19 heavy (non-hydrogen) atoms. The van der Waals surface area contributed by atoms with Gasteiger partial charge in [-0.05, 0) is 30.3 Å². The van der Waals surface area contributed by atoms with E-state index in [9.17, 15) is 4.79 Å². The maximum absolute atomic E-state index is 10.9. The molecule has 0 atom stereocenters. The zero-order valence-electron chi connectivity index (χ0n) is 9.70. The molecule has 0 bridgehead atoms. The Bertz CT molecular complexity index is 740. The third kappa shape index (κ3) is 2.21. The minimum atomic E-state index is -0.290. The number of rotatable bonds is 2. The van der Waals surface area contributed by atoms with E-state index in [-0.39, 0.29) is 11.4 Å². The van der Waals surface area contributed by atoms with Crippen LogP contribution in [-0.2, 0) is 0 Å².